The van der Waals surface area contributed by atoms with Crippen molar-refractivity contribution in [2.75, 3.05) is 31.8 Å². The number of benzene rings is 1. The summed E-state index contributed by atoms with van der Waals surface area (Å²) in [6, 6.07) is 6.07. The standard InChI is InChI=1S/C13H18N2O2/c1-15(8-13(7-14)4-5-13)10-2-3-11-12(6-10)17-9-16-11/h2-3,6H,4-5,7-9,14H2,1H3. The number of fused-ring (bicyclic) bond motifs is 1. The van der Waals surface area contributed by atoms with Gasteiger partial charge in [-0.15, -0.1) is 0 Å². The summed E-state index contributed by atoms with van der Waals surface area (Å²) in [5.41, 5.74) is 7.33. The van der Waals surface area contributed by atoms with Crippen LogP contribution in [0.25, 0.3) is 0 Å². The van der Waals surface area contributed by atoms with Crippen LogP contribution in [0.5, 0.6) is 11.5 Å². The molecular formula is C13H18N2O2. The van der Waals surface area contributed by atoms with E-state index in [1.54, 1.807) is 0 Å². The van der Waals surface area contributed by atoms with Gasteiger partial charge in [-0.3, -0.25) is 0 Å². The van der Waals surface area contributed by atoms with Gasteiger partial charge >= 0.3 is 0 Å². The van der Waals surface area contributed by atoms with Gasteiger partial charge in [0.2, 0.25) is 6.79 Å². The number of hydrogen-bond acceptors (Lipinski definition) is 4. The number of hydrogen-bond donors (Lipinski definition) is 1. The normalized spacial score (nSPS) is 19.2. The monoisotopic (exact) mass is 234 g/mol. The molecule has 1 saturated carbocycles. The van der Waals surface area contributed by atoms with Crippen LogP contribution in [0.1, 0.15) is 12.8 Å². The first-order valence-electron chi connectivity index (χ1n) is 6.03. The highest BCUT2D eigenvalue weighted by atomic mass is 16.7. The van der Waals surface area contributed by atoms with E-state index in [0.717, 1.165) is 30.3 Å². The SMILES string of the molecule is CN(CC1(CN)CC1)c1ccc2c(c1)OCO2. The van der Waals surface area contributed by atoms with Gasteiger partial charge in [0.1, 0.15) is 0 Å². The van der Waals surface area contributed by atoms with E-state index in [1.807, 2.05) is 12.1 Å². The second-order valence-corrected chi connectivity index (χ2v) is 5.10. The van der Waals surface area contributed by atoms with Gasteiger partial charge in [-0.2, -0.15) is 0 Å². The molecule has 3 rings (SSSR count). The van der Waals surface area contributed by atoms with Gasteiger partial charge in [0.25, 0.3) is 0 Å². The minimum atomic E-state index is 0.329. The Balaban J connectivity index is 1.75. The summed E-state index contributed by atoms with van der Waals surface area (Å²) >= 11 is 0. The van der Waals surface area contributed by atoms with Gasteiger partial charge < -0.3 is 20.1 Å². The average Bonchev–Trinajstić information content (AvgIpc) is 2.96. The molecule has 2 N–H and O–H groups in total. The number of anilines is 1. The summed E-state index contributed by atoms with van der Waals surface area (Å²) in [6.07, 6.45) is 2.50. The predicted molar refractivity (Wildman–Crippen MR) is 66.6 cm³/mol. The third kappa shape index (κ3) is 1.93. The summed E-state index contributed by atoms with van der Waals surface area (Å²) < 4.78 is 10.7. The van der Waals surface area contributed by atoms with Crippen LogP contribution in [0, 0.1) is 5.41 Å². The van der Waals surface area contributed by atoms with Crippen molar-refractivity contribution in [3.8, 4) is 11.5 Å². The Hall–Kier alpha value is -1.42. The zero-order chi connectivity index (χ0) is 11.9. The molecule has 2 aliphatic rings. The fraction of sp³-hybridized carbons (Fsp3) is 0.538. The van der Waals surface area contributed by atoms with E-state index in [1.165, 1.54) is 12.8 Å². The lowest BCUT2D eigenvalue weighted by Crippen LogP contribution is -2.31. The van der Waals surface area contributed by atoms with Gasteiger partial charge in [0, 0.05) is 30.8 Å². The van der Waals surface area contributed by atoms with Crippen molar-refractivity contribution in [3.05, 3.63) is 18.2 Å². The second-order valence-electron chi connectivity index (χ2n) is 5.10. The maximum Gasteiger partial charge on any atom is 0.231 e. The van der Waals surface area contributed by atoms with E-state index in [2.05, 4.69) is 18.0 Å². The third-order valence-corrected chi connectivity index (χ3v) is 3.76. The maximum absolute atomic E-state index is 5.81. The Labute approximate surface area is 101 Å². The van der Waals surface area contributed by atoms with Crippen LogP contribution in [-0.4, -0.2) is 26.9 Å². The molecule has 1 aromatic rings. The van der Waals surface area contributed by atoms with Crippen molar-refractivity contribution in [2.24, 2.45) is 11.1 Å². The second kappa shape index (κ2) is 3.81. The molecule has 0 spiro atoms. The lowest BCUT2D eigenvalue weighted by atomic mass is 10.1. The van der Waals surface area contributed by atoms with Crippen molar-refractivity contribution < 1.29 is 9.47 Å². The molecule has 0 atom stereocenters. The van der Waals surface area contributed by atoms with Crippen molar-refractivity contribution in [3.63, 3.8) is 0 Å². The van der Waals surface area contributed by atoms with Crippen LogP contribution in [-0.2, 0) is 0 Å². The minimum Gasteiger partial charge on any atom is -0.454 e. The number of rotatable bonds is 4. The summed E-state index contributed by atoms with van der Waals surface area (Å²) in [5, 5.41) is 0. The molecule has 0 aromatic heterocycles. The average molecular weight is 234 g/mol. The quantitative estimate of drug-likeness (QED) is 0.859. The molecule has 1 fully saturated rings. The smallest absolute Gasteiger partial charge is 0.231 e. The van der Waals surface area contributed by atoms with Crippen LogP contribution < -0.4 is 20.1 Å². The number of ether oxygens (including phenoxy) is 2. The molecule has 4 nitrogen and oxygen atoms in total. The lowest BCUT2D eigenvalue weighted by molar-refractivity contribution is 0.174. The van der Waals surface area contributed by atoms with Crippen LogP contribution in [0.2, 0.25) is 0 Å². The van der Waals surface area contributed by atoms with Crippen LogP contribution in [0.15, 0.2) is 18.2 Å². The molecular weight excluding hydrogens is 216 g/mol. The van der Waals surface area contributed by atoms with Crippen molar-refractivity contribution in [1.82, 2.24) is 0 Å². The molecule has 4 heteroatoms. The van der Waals surface area contributed by atoms with Crippen molar-refractivity contribution >= 4 is 5.69 Å². The highest BCUT2D eigenvalue weighted by Gasteiger charge is 2.42. The molecule has 1 aliphatic heterocycles. The van der Waals surface area contributed by atoms with Crippen LogP contribution >= 0.6 is 0 Å². The highest BCUT2D eigenvalue weighted by Crippen LogP contribution is 2.46. The molecule has 1 aromatic carbocycles. The maximum atomic E-state index is 5.81. The Morgan fingerprint density at radius 2 is 2.06 bits per heavy atom. The number of nitrogens with two attached hydrogens (primary N) is 1. The van der Waals surface area contributed by atoms with E-state index >= 15 is 0 Å². The van der Waals surface area contributed by atoms with Gasteiger partial charge in [-0.1, -0.05) is 0 Å². The summed E-state index contributed by atoms with van der Waals surface area (Å²) in [4.78, 5) is 2.25. The van der Waals surface area contributed by atoms with E-state index in [-0.39, 0.29) is 0 Å². The predicted octanol–water partition coefficient (Wildman–Crippen LogP) is 1.59. The van der Waals surface area contributed by atoms with E-state index in [0.29, 0.717) is 12.2 Å². The fourth-order valence-electron chi connectivity index (χ4n) is 2.32. The molecule has 1 aliphatic carbocycles. The fourth-order valence-corrected chi connectivity index (χ4v) is 2.32. The molecule has 0 unspecified atom stereocenters. The zero-order valence-electron chi connectivity index (χ0n) is 10.1. The molecule has 1 heterocycles. The Morgan fingerprint density at radius 1 is 1.29 bits per heavy atom. The first-order valence-corrected chi connectivity index (χ1v) is 6.03. The highest BCUT2D eigenvalue weighted by molar-refractivity contribution is 5.57. The van der Waals surface area contributed by atoms with Gasteiger partial charge in [0.05, 0.1) is 0 Å². The van der Waals surface area contributed by atoms with Crippen molar-refractivity contribution in [1.29, 1.82) is 0 Å². The van der Waals surface area contributed by atoms with Gasteiger partial charge in [-0.25, -0.2) is 0 Å². The first-order chi connectivity index (χ1) is 8.22. The number of nitrogens with zero attached hydrogens (tertiary/aromatic N) is 1. The zero-order valence-corrected chi connectivity index (χ0v) is 10.1. The summed E-state index contributed by atoms with van der Waals surface area (Å²) in [7, 11) is 2.10. The Kier molecular flexibility index (Phi) is 2.40. The van der Waals surface area contributed by atoms with Crippen LogP contribution in [0.3, 0.4) is 0 Å². The van der Waals surface area contributed by atoms with Crippen LogP contribution in [0.4, 0.5) is 5.69 Å². The minimum absolute atomic E-state index is 0.329. The molecule has 17 heavy (non-hydrogen) atoms. The van der Waals surface area contributed by atoms with Gasteiger partial charge in [-0.05, 0) is 31.5 Å². The van der Waals surface area contributed by atoms with E-state index in [9.17, 15) is 0 Å². The molecule has 0 amide bonds. The molecule has 0 radical (unpaired) electrons. The first kappa shape index (κ1) is 10.7. The lowest BCUT2D eigenvalue weighted by Gasteiger charge is -2.24. The molecule has 0 bridgehead atoms. The van der Waals surface area contributed by atoms with E-state index in [4.69, 9.17) is 15.2 Å². The Morgan fingerprint density at radius 3 is 2.76 bits per heavy atom. The topological polar surface area (TPSA) is 47.7 Å². The molecule has 0 saturated heterocycles. The van der Waals surface area contributed by atoms with E-state index < -0.39 is 0 Å². The third-order valence-electron chi connectivity index (χ3n) is 3.76. The molecule has 92 valence electrons. The summed E-state index contributed by atoms with van der Waals surface area (Å²) in [5.74, 6) is 1.68. The summed E-state index contributed by atoms with van der Waals surface area (Å²) in [6.45, 7) is 2.13. The van der Waals surface area contributed by atoms with Gasteiger partial charge in [0.15, 0.2) is 11.5 Å². The van der Waals surface area contributed by atoms with Crippen molar-refractivity contribution in [2.45, 2.75) is 12.8 Å². The largest absolute Gasteiger partial charge is 0.454 e. The Bertz CT molecular complexity index is 429.